The first kappa shape index (κ1) is 9.83. The number of aldehydes is 1. The van der Waals surface area contributed by atoms with Crippen molar-refractivity contribution in [3.63, 3.8) is 0 Å². The van der Waals surface area contributed by atoms with Crippen molar-refractivity contribution in [2.75, 3.05) is 19.8 Å². The maximum Gasteiger partial charge on any atom is 0.175 e. The van der Waals surface area contributed by atoms with Crippen molar-refractivity contribution in [3.8, 4) is 17.2 Å². The van der Waals surface area contributed by atoms with E-state index in [2.05, 4.69) is 0 Å². The van der Waals surface area contributed by atoms with Crippen molar-refractivity contribution >= 4 is 6.29 Å². The molecule has 0 aromatic heterocycles. The van der Waals surface area contributed by atoms with E-state index < -0.39 is 0 Å². The van der Waals surface area contributed by atoms with Crippen LogP contribution >= 0.6 is 0 Å². The Morgan fingerprint density at radius 1 is 1.40 bits per heavy atom. The first-order valence-electron chi connectivity index (χ1n) is 4.87. The topological polar surface area (TPSA) is 44.8 Å². The molecule has 0 N–H and O–H groups in total. The molecule has 0 bridgehead atoms. The van der Waals surface area contributed by atoms with Gasteiger partial charge < -0.3 is 14.2 Å². The molecule has 15 heavy (non-hydrogen) atoms. The molecular formula is C11H12O4. The first-order chi connectivity index (χ1) is 7.36. The number of hydrogen-bond donors (Lipinski definition) is 0. The van der Waals surface area contributed by atoms with Gasteiger partial charge in [-0.3, -0.25) is 4.79 Å². The molecule has 1 aromatic rings. The largest absolute Gasteiger partial charge is 0.493 e. The summed E-state index contributed by atoms with van der Waals surface area (Å²) in [6.45, 7) is 3.36. The maximum atomic E-state index is 11.0. The van der Waals surface area contributed by atoms with E-state index in [1.807, 2.05) is 6.92 Å². The number of rotatable bonds is 3. The van der Waals surface area contributed by atoms with Crippen molar-refractivity contribution in [3.05, 3.63) is 17.7 Å². The molecule has 0 saturated heterocycles. The molecule has 0 fully saturated rings. The van der Waals surface area contributed by atoms with Gasteiger partial charge >= 0.3 is 0 Å². The molecule has 0 spiro atoms. The smallest absolute Gasteiger partial charge is 0.175 e. The van der Waals surface area contributed by atoms with Crippen molar-refractivity contribution < 1.29 is 19.0 Å². The van der Waals surface area contributed by atoms with E-state index in [1.165, 1.54) is 0 Å². The minimum atomic E-state index is 0.425. The van der Waals surface area contributed by atoms with Crippen molar-refractivity contribution in [2.24, 2.45) is 0 Å². The summed E-state index contributed by atoms with van der Waals surface area (Å²) in [7, 11) is 0. The van der Waals surface area contributed by atoms with Crippen LogP contribution < -0.4 is 14.2 Å². The zero-order valence-corrected chi connectivity index (χ0v) is 8.49. The highest BCUT2D eigenvalue weighted by molar-refractivity contribution is 5.85. The van der Waals surface area contributed by atoms with Crippen LogP contribution in [-0.2, 0) is 0 Å². The fourth-order valence-electron chi connectivity index (χ4n) is 1.51. The number of fused-ring (bicyclic) bond motifs is 1. The van der Waals surface area contributed by atoms with Crippen molar-refractivity contribution in [2.45, 2.75) is 6.92 Å². The third kappa shape index (κ3) is 1.75. The van der Waals surface area contributed by atoms with Crippen LogP contribution in [0.1, 0.15) is 17.3 Å². The molecule has 1 aliphatic heterocycles. The lowest BCUT2D eigenvalue weighted by Crippen LogP contribution is -2.17. The minimum Gasteiger partial charge on any atom is -0.493 e. The van der Waals surface area contributed by atoms with E-state index in [0.29, 0.717) is 42.6 Å². The summed E-state index contributed by atoms with van der Waals surface area (Å²) in [6.07, 6.45) is 0.735. The van der Waals surface area contributed by atoms with Gasteiger partial charge in [0.1, 0.15) is 24.5 Å². The van der Waals surface area contributed by atoms with Crippen LogP contribution in [0.4, 0.5) is 0 Å². The molecule has 80 valence electrons. The van der Waals surface area contributed by atoms with Gasteiger partial charge in [0.15, 0.2) is 17.8 Å². The van der Waals surface area contributed by atoms with E-state index in [1.54, 1.807) is 12.1 Å². The van der Waals surface area contributed by atoms with Crippen LogP contribution in [0.3, 0.4) is 0 Å². The minimum absolute atomic E-state index is 0.425. The summed E-state index contributed by atoms with van der Waals surface area (Å²) in [5.74, 6) is 1.63. The number of hydrogen-bond acceptors (Lipinski definition) is 4. The fraction of sp³-hybridized carbons (Fsp3) is 0.364. The van der Waals surface area contributed by atoms with E-state index in [9.17, 15) is 4.79 Å². The van der Waals surface area contributed by atoms with Gasteiger partial charge in [-0.1, -0.05) is 0 Å². The highest BCUT2D eigenvalue weighted by atomic mass is 16.6. The Hall–Kier alpha value is -1.71. The highest BCUT2D eigenvalue weighted by Crippen LogP contribution is 2.38. The molecule has 4 heteroatoms. The van der Waals surface area contributed by atoms with Crippen molar-refractivity contribution in [1.29, 1.82) is 0 Å². The lowest BCUT2D eigenvalue weighted by atomic mass is 10.1. The Labute approximate surface area is 87.8 Å². The standard InChI is InChI=1S/C11H12O4/c1-2-13-9-3-4-10-11(8(9)7-12)15-6-5-14-10/h3-4,7H,2,5-6H2,1H3. The van der Waals surface area contributed by atoms with Crippen LogP contribution in [0.5, 0.6) is 17.2 Å². The molecule has 1 aliphatic rings. The average Bonchev–Trinajstić information content (AvgIpc) is 2.29. The second kappa shape index (κ2) is 4.21. The summed E-state index contributed by atoms with van der Waals surface area (Å²) in [4.78, 5) is 11.0. The van der Waals surface area contributed by atoms with Gasteiger partial charge in [0, 0.05) is 0 Å². The molecule has 1 aromatic carbocycles. The quantitative estimate of drug-likeness (QED) is 0.709. The fourth-order valence-corrected chi connectivity index (χ4v) is 1.51. The second-order valence-corrected chi connectivity index (χ2v) is 3.05. The van der Waals surface area contributed by atoms with Gasteiger partial charge in [0.05, 0.1) is 6.61 Å². The van der Waals surface area contributed by atoms with E-state index in [0.717, 1.165) is 6.29 Å². The van der Waals surface area contributed by atoms with Crippen molar-refractivity contribution in [1.82, 2.24) is 0 Å². The zero-order valence-electron chi connectivity index (χ0n) is 8.49. The average molecular weight is 208 g/mol. The Morgan fingerprint density at radius 2 is 2.20 bits per heavy atom. The Morgan fingerprint density at radius 3 is 2.93 bits per heavy atom. The van der Waals surface area contributed by atoms with Gasteiger partial charge in [-0.05, 0) is 19.1 Å². The molecule has 4 nitrogen and oxygen atoms in total. The van der Waals surface area contributed by atoms with E-state index in [-0.39, 0.29) is 0 Å². The van der Waals surface area contributed by atoms with Gasteiger partial charge in [0.25, 0.3) is 0 Å². The van der Waals surface area contributed by atoms with Crippen LogP contribution in [0.15, 0.2) is 12.1 Å². The Balaban J connectivity index is 2.46. The van der Waals surface area contributed by atoms with Crippen LogP contribution in [0, 0.1) is 0 Å². The summed E-state index contributed by atoms with van der Waals surface area (Å²) in [5, 5.41) is 0. The van der Waals surface area contributed by atoms with Gasteiger partial charge in [0.2, 0.25) is 0 Å². The summed E-state index contributed by atoms with van der Waals surface area (Å²) in [5.41, 5.74) is 0.425. The first-order valence-corrected chi connectivity index (χ1v) is 4.87. The molecule has 0 atom stereocenters. The summed E-state index contributed by atoms with van der Waals surface area (Å²) in [6, 6.07) is 3.48. The number of carbonyl (C=O) groups excluding carboxylic acids is 1. The monoisotopic (exact) mass is 208 g/mol. The van der Waals surface area contributed by atoms with Crippen LogP contribution in [0.25, 0.3) is 0 Å². The summed E-state index contributed by atoms with van der Waals surface area (Å²) < 4.78 is 16.1. The molecule has 2 rings (SSSR count). The molecule has 0 unspecified atom stereocenters. The lowest BCUT2D eigenvalue weighted by Gasteiger charge is -2.20. The number of carbonyl (C=O) groups is 1. The molecule has 0 radical (unpaired) electrons. The number of ether oxygens (including phenoxy) is 3. The molecule has 0 amide bonds. The zero-order chi connectivity index (χ0) is 10.7. The van der Waals surface area contributed by atoms with Crippen LogP contribution in [-0.4, -0.2) is 26.1 Å². The van der Waals surface area contributed by atoms with Gasteiger partial charge in [-0.2, -0.15) is 0 Å². The number of benzene rings is 1. The lowest BCUT2D eigenvalue weighted by molar-refractivity contribution is 0.110. The molecule has 0 aliphatic carbocycles. The SMILES string of the molecule is CCOc1ccc2c(c1C=O)OCCO2. The highest BCUT2D eigenvalue weighted by Gasteiger charge is 2.19. The third-order valence-electron chi connectivity index (χ3n) is 2.12. The van der Waals surface area contributed by atoms with Gasteiger partial charge in [-0.25, -0.2) is 0 Å². The molecular weight excluding hydrogens is 196 g/mol. The predicted octanol–water partition coefficient (Wildman–Crippen LogP) is 1.67. The predicted molar refractivity (Wildman–Crippen MR) is 54.0 cm³/mol. The molecule has 0 saturated carbocycles. The van der Waals surface area contributed by atoms with E-state index in [4.69, 9.17) is 14.2 Å². The van der Waals surface area contributed by atoms with Crippen LogP contribution in [0.2, 0.25) is 0 Å². The third-order valence-corrected chi connectivity index (χ3v) is 2.12. The summed E-state index contributed by atoms with van der Waals surface area (Å²) >= 11 is 0. The molecule has 1 heterocycles. The van der Waals surface area contributed by atoms with E-state index >= 15 is 0 Å². The Bertz CT molecular complexity index is 373. The Kier molecular flexibility index (Phi) is 2.76. The maximum absolute atomic E-state index is 11.0. The van der Waals surface area contributed by atoms with Gasteiger partial charge in [-0.15, -0.1) is 0 Å². The normalized spacial score (nSPS) is 13.4. The second-order valence-electron chi connectivity index (χ2n) is 3.05.